The summed E-state index contributed by atoms with van der Waals surface area (Å²) in [5.41, 5.74) is 1.93. The Balaban J connectivity index is 2.46. The third kappa shape index (κ3) is 2.73. The summed E-state index contributed by atoms with van der Waals surface area (Å²) in [4.78, 5) is 2.27. The highest BCUT2D eigenvalue weighted by Crippen LogP contribution is 2.34. The molecule has 1 heterocycles. The Hall–Kier alpha value is -1.56. The highest BCUT2D eigenvalue weighted by atomic mass is 32.2. The van der Waals surface area contributed by atoms with Gasteiger partial charge in [-0.3, -0.25) is 0 Å². The Kier molecular flexibility index (Phi) is 3.80. The van der Waals surface area contributed by atoms with Crippen LogP contribution in [0.5, 0.6) is 0 Å². The molecule has 0 atom stereocenters. The van der Waals surface area contributed by atoms with E-state index in [1.54, 1.807) is 18.2 Å². The summed E-state index contributed by atoms with van der Waals surface area (Å²) in [7, 11) is 0. The minimum Gasteiger partial charge on any atom is -0.201 e. The molecule has 0 fully saturated rings. The van der Waals surface area contributed by atoms with Gasteiger partial charge in [-0.15, -0.1) is 0 Å². The fourth-order valence-electron chi connectivity index (χ4n) is 1.45. The molecule has 0 bridgehead atoms. The fraction of sp³-hybridized carbons (Fsp3) is 0.154. The molecule has 1 aromatic carbocycles. The van der Waals surface area contributed by atoms with Gasteiger partial charge in [-0.1, -0.05) is 17.8 Å². The Morgan fingerprint density at radius 1 is 0.895 bits per heavy atom. The van der Waals surface area contributed by atoms with Gasteiger partial charge in [0.2, 0.25) is 0 Å². The first kappa shape index (κ1) is 13.9. The van der Waals surface area contributed by atoms with Crippen molar-refractivity contribution in [3.63, 3.8) is 0 Å². The lowest BCUT2D eigenvalue weighted by Gasteiger charge is -2.07. The molecule has 6 heteroatoms. The Morgan fingerprint density at radius 2 is 1.47 bits per heavy atom. The van der Waals surface area contributed by atoms with Crippen LogP contribution < -0.4 is 0 Å². The van der Waals surface area contributed by atoms with E-state index in [-0.39, 0.29) is 0 Å². The first-order chi connectivity index (χ1) is 8.90. The van der Waals surface area contributed by atoms with Crippen LogP contribution in [-0.4, -0.2) is 4.98 Å². The van der Waals surface area contributed by atoms with Crippen LogP contribution in [0.4, 0.5) is 17.6 Å². The summed E-state index contributed by atoms with van der Waals surface area (Å²) in [6.07, 6.45) is 0. The minimum absolute atomic E-state index is 0.492. The smallest absolute Gasteiger partial charge is 0.201 e. The molecule has 0 radical (unpaired) electrons. The third-order valence-electron chi connectivity index (χ3n) is 2.66. The van der Waals surface area contributed by atoms with E-state index in [1.165, 1.54) is 0 Å². The Labute approximate surface area is 111 Å². The number of halogens is 4. The van der Waals surface area contributed by atoms with Gasteiger partial charge < -0.3 is 0 Å². The molecule has 0 N–H and O–H groups in total. The molecule has 0 aliphatic carbocycles. The molecule has 0 amide bonds. The van der Waals surface area contributed by atoms with Crippen molar-refractivity contribution >= 4 is 11.8 Å². The van der Waals surface area contributed by atoms with Crippen molar-refractivity contribution in [3.05, 3.63) is 52.9 Å². The standard InChI is InChI=1S/C13H9F4NS/c1-6-3-4-8(5-7(6)2)19-11-9(14)12(16)18-13(17)10(11)15/h3-5H,1-2H3. The van der Waals surface area contributed by atoms with Crippen molar-refractivity contribution < 1.29 is 17.6 Å². The Bertz CT molecular complexity index is 617. The molecule has 1 nitrogen and oxygen atoms in total. The van der Waals surface area contributed by atoms with E-state index in [4.69, 9.17) is 0 Å². The van der Waals surface area contributed by atoms with Crippen molar-refractivity contribution in [1.29, 1.82) is 0 Å². The van der Waals surface area contributed by atoms with Gasteiger partial charge in [0.15, 0.2) is 11.6 Å². The van der Waals surface area contributed by atoms with Gasteiger partial charge in [0.1, 0.15) is 0 Å². The van der Waals surface area contributed by atoms with E-state index < -0.39 is 28.4 Å². The molecule has 0 unspecified atom stereocenters. The second-order valence-corrected chi connectivity index (χ2v) is 5.08. The summed E-state index contributed by atoms with van der Waals surface area (Å²) >= 11 is 0.622. The number of nitrogens with zero attached hydrogens (tertiary/aromatic N) is 1. The lowest BCUT2D eigenvalue weighted by molar-refractivity contribution is 0.383. The summed E-state index contributed by atoms with van der Waals surface area (Å²) in [6.45, 7) is 3.72. The SMILES string of the molecule is Cc1ccc(Sc2c(F)c(F)nc(F)c2F)cc1C. The molecule has 0 aliphatic heterocycles. The molecule has 2 aromatic rings. The maximum absolute atomic E-state index is 13.4. The van der Waals surface area contributed by atoms with Gasteiger partial charge in [0.05, 0.1) is 4.90 Å². The van der Waals surface area contributed by atoms with E-state index in [2.05, 4.69) is 4.98 Å². The summed E-state index contributed by atoms with van der Waals surface area (Å²) in [5, 5.41) is 0. The molecule has 0 aliphatic rings. The van der Waals surface area contributed by atoms with Crippen LogP contribution in [0, 0.1) is 37.4 Å². The number of pyridine rings is 1. The highest BCUT2D eigenvalue weighted by molar-refractivity contribution is 7.99. The molecular formula is C13H9F4NS. The first-order valence-electron chi connectivity index (χ1n) is 5.35. The van der Waals surface area contributed by atoms with Gasteiger partial charge >= 0.3 is 0 Å². The maximum Gasteiger partial charge on any atom is 0.252 e. The van der Waals surface area contributed by atoms with E-state index in [0.29, 0.717) is 16.7 Å². The quantitative estimate of drug-likeness (QED) is 0.599. The number of aryl methyl sites for hydroxylation is 2. The molecule has 1 aromatic heterocycles. The molecule has 0 saturated carbocycles. The second kappa shape index (κ2) is 5.21. The van der Waals surface area contributed by atoms with Gasteiger partial charge in [-0.05, 0) is 37.1 Å². The summed E-state index contributed by atoms with van der Waals surface area (Å²) < 4.78 is 52.8. The van der Waals surface area contributed by atoms with Crippen LogP contribution in [0.3, 0.4) is 0 Å². The zero-order valence-corrected chi connectivity index (χ0v) is 10.9. The molecule has 0 spiro atoms. The highest BCUT2D eigenvalue weighted by Gasteiger charge is 2.21. The Morgan fingerprint density at radius 3 is 2.00 bits per heavy atom. The van der Waals surface area contributed by atoms with Crippen LogP contribution in [0.15, 0.2) is 28.0 Å². The number of hydrogen-bond acceptors (Lipinski definition) is 2. The van der Waals surface area contributed by atoms with Crippen molar-refractivity contribution in [2.24, 2.45) is 0 Å². The third-order valence-corrected chi connectivity index (χ3v) is 3.71. The zero-order chi connectivity index (χ0) is 14.2. The average Bonchev–Trinajstić information content (AvgIpc) is 2.36. The normalized spacial score (nSPS) is 10.8. The average molecular weight is 287 g/mol. The van der Waals surface area contributed by atoms with Gasteiger partial charge in [0.25, 0.3) is 11.9 Å². The lowest BCUT2D eigenvalue weighted by atomic mass is 10.1. The van der Waals surface area contributed by atoms with E-state index >= 15 is 0 Å². The van der Waals surface area contributed by atoms with Crippen molar-refractivity contribution in [1.82, 2.24) is 4.98 Å². The van der Waals surface area contributed by atoms with E-state index in [1.807, 2.05) is 13.8 Å². The van der Waals surface area contributed by atoms with Crippen molar-refractivity contribution in [2.45, 2.75) is 23.6 Å². The monoisotopic (exact) mass is 287 g/mol. The first-order valence-corrected chi connectivity index (χ1v) is 6.17. The van der Waals surface area contributed by atoms with Crippen molar-refractivity contribution in [2.75, 3.05) is 0 Å². The zero-order valence-electron chi connectivity index (χ0n) is 10.1. The largest absolute Gasteiger partial charge is 0.252 e. The number of hydrogen-bond donors (Lipinski definition) is 0. The van der Waals surface area contributed by atoms with Crippen LogP contribution in [0.2, 0.25) is 0 Å². The predicted octanol–water partition coefficient (Wildman–Crippen LogP) is 4.41. The van der Waals surface area contributed by atoms with Crippen LogP contribution >= 0.6 is 11.8 Å². The van der Waals surface area contributed by atoms with Gasteiger partial charge in [0, 0.05) is 4.90 Å². The number of rotatable bonds is 2. The van der Waals surface area contributed by atoms with E-state index in [0.717, 1.165) is 11.1 Å². The van der Waals surface area contributed by atoms with Crippen molar-refractivity contribution in [3.8, 4) is 0 Å². The topological polar surface area (TPSA) is 12.9 Å². The minimum atomic E-state index is -1.65. The lowest BCUT2D eigenvalue weighted by Crippen LogP contribution is -2.01. The molecule has 100 valence electrons. The number of aromatic nitrogens is 1. The molecule has 0 saturated heterocycles. The number of benzene rings is 1. The summed E-state index contributed by atoms with van der Waals surface area (Å²) in [5.74, 6) is -6.26. The summed E-state index contributed by atoms with van der Waals surface area (Å²) in [6, 6.07) is 5.08. The maximum atomic E-state index is 13.4. The molecule has 19 heavy (non-hydrogen) atoms. The molecular weight excluding hydrogens is 278 g/mol. The van der Waals surface area contributed by atoms with Gasteiger partial charge in [-0.2, -0.15) is 13.8 Å². The van der Waals surface area contributed by atoms with Crippen LogP contribution in [0.25, 0.3) is 0 Å². The fourth-order valence-corrected chi connectivity index (χ4v) is 2.41. The molecule has 2 rings (SSSR count). The second-order valence-electron chi connectivity index (χ2n) is 4.00. The van der Waals surface area contributed by atoms with Crippen LogP contribution in [0.1, 0.15) is 11.1 Å². The van der Waals surface area contributed by atoms with Crippen LogP contribution in [-0.2, 0) is 0 Å². The van der Waals surface area contributed by atoms with E-state index in [9.17, 15) is 17.6 Å². The predicted molar refractivity (Wildman–Crippen MR) is 64.1 cm³/mol. The van der Waals surface area contributed by atoms with Gasteiger partial charge in [-0.25, -0.2) is 8.78 Å².